The predicted molar refractivity (Wildman–Crippen MR) is 86.7 cm³/mol. The van der Waals surface area contributed by atoms with Crippen molar-refractivity contribution >= 4 is 5.69 Å². The number of pyridine rings is 1. The van der Waals surface area contributed by atoms with Crippen molar-refractivity contribution in [1.29, 1.82) is 0 Å². The van der Waals surface area contributed by atoms with Crippen molar-refractivity contribution < 1.29 is 4.74 Å². The smallest absolute Gasteiger partial charge is 0.132 e. The minimum absolute atomic E-state index is 0.678. The number of likely N-dealkylation sites (tertiary alicyclic amines) is 1. The van der Waals surface area contributed by atoms with E-state index >= 15 is 0 Å². The van der Waals surface area contributed by atoms with Gasteiger partial charge in [0, 0.05) is 37.4 Å². The van der Waals surface area contributed by atoms with Crippen molar-refractivity contribution in [2.45, 2.75) is 18.8 Å². The van der Waals surface area contributed by atoms with Crippen molar-refractivity contribution in [1.82, 2.24) is 9.47 Å². The van der Waals surface area contributed by atoms with Crippen LogP contribution in [-0.2, 0) is 0 Å². The molecule has 1 fully saturated rings. The van der Waals surface area contributed by atoms with E-state index in [4.69, 9.17) is 4.74 Å². The first-order chi connectivity index (χ1) is 10.2. The second-order valence-corrected chi connectivity index (χ2v) is 6.10. The molecule has 0 aliphatic carbocycles. The van der Waals surface area contributed by atoms with E-state index in [-0.39, 0.29) is 0 Å². The summed E-state index contributed by atoms with van der Waals surface area (Å²) in [5.41, 5.74) is 2.81. The Morgan fingerprint density at radius 2 is 1.62 bits per heavy atom. The van der Waals surface area contributed by atoms with Gasteiger partial charge in [-0.3, -0.25) is 9.47 Å². The molecule has 0 N–H and O–H groups in total. The first-order valence-electron chi connectivity index (χ1n) is 7.60. The number of rotatable bonds is 3. The van der Waals surface area contributed by atoms with Crippen molar-refractivity contribution in [3.05, 3.63) is 54.4 Å². The Morgan fingerprint density at radius 1 is 1.00 bits per heavy atom. The molecule has 1 aromatic carbocycles. The number of hydrogen-bond acceptors (Lipinski definition) is 2. The third kappa shape index (κ3) is 2.93. The molecule has 0 amide bonds. The molecule has 1 aromatic heterocycles. The molecule has 3 rings (SSSR count). The van der Waals surface area contributed by atoms with E-state index in [2.05, 4.69) is 48.4 Å². The molecule has 21 heavy (non-hydrogen) atoms. The van der Waals surface area contributed by atoms with Gasteiger partial charge in [-0.05, 0) is 35.7 Å². The predicted octanol–water partition coefficient (Wildman–Crippen LogP) is 3.60. The normalized spacial score (nSPS) is 25.5. The van der Waals surface area contributed by atoms with E-state index in [9.17, 15) is 0 Å². The van der Waals surface area contributed by atoms with Crippen LogP contribution in [0.1, 0.15) is 24.3 Å². The Bertz CT molecular complexity index is 572. The molecule has 3 nitrogen and oxygen atoms in total. The van der Waals surface area contributed by atoms with Crippen LogP contribution in [0.15, 0.2) is 48.8 Å². The van der Waals surface area contributed by atoms with Gasteiger partial charge in [-0.1, -0.05) is 0 Å². The summed E-state index contributed by atoms with van der Waals surface area (Å²) in [5.74, 6) is 1.61. The second-order valence-electron chi connectivity index (χ2n) is 6.10. The minimum Gasteiger partial charge on any atom is -0.497 e. The van der Waals surface area contributed by atoms with E-state index in [0.717, 1.165) is 10.2 Å². The van der Waals surface area contributed by atoms with Gasteiger partial charge in [0.2, 0.25) is 0 Å². The topological polar surface area (TPSA) is 22.1 Å². The highest BCUT2D eigenvalue weighted by Crippen LogP contribution is 2.34. The van der Waals surface area contributed by atoms with Gasteiger partial charge in [0.15, 0.2) is 0 Å². The molecule has 0 spiro atoms. The zero-order chi connectivity index (χ0) is 14.7. The first kappa shape index (κ1) is 14.1. The molecule has 0 radical (unpaired) electrons. The molecule has 2 heterocycles. The Balaban J connectivity index is 1.71. The maximum atomic E-state index is 5.25. The maximum absolute atomic E-state index is 5.25. The Morgan fingerprint density at radius 3 is 2.19 bits per heavy atom. The lowest BCUT2D eigenvalue weighted by molar-refractivity contribution is 0.254. The molecule has 1 saturated heterocycles. The third-order valence-corrected chi connectivity index (χ3v) is 4.82. The standard InChI is InChI=1S/C18H23N2O/c1-20(17-3-5-18(21-2)6-4-17)13-9-16(10-14-20)15-7-11-19-12-8-15/h3-8,11-12,16H,9-10,13-14H2,1-2H3/q+1. The summed E-state index contributed by atoms with van der Waals surface area (Å²) in [6.07, 6.45) is 6.27. The van der Waals surface area contributed by atoms with Gasteiger partial charge in [-0.2, -0.15) is 0 Å². The summed E-state index contributed by atoms with van der Waals surface area (Å²) in [7, 11) is 4.05. The summed E-state index contributed by atoms with van der Waals surface area (Å²) in [5, 5.41) is 0. The van der Waals surface area contributed by atoms with Crippen molar-refractivity contribution in [3.63, 3.8) is 0 Å². The average molecular weight is 283 g/mol. The number of methoxy groups -OCH3 is 1. The molecule has 0 bridgehead atoms. The summed E-state index contributed by atoms with van der Waals surface area (Å²) >= 11 is 0. The Labute approximate surface area is 126 Å². The van der Waals surface area contributed by atoms with Crippen LogP contribution in [0.3, 0.4) is 0 Å². The lowest BCUT2D eigenvalue weighted by atomic mass is 9.88. The molecule has 1 aliphatic heterocycles. The lowest BCUT2D eigenvalue weighted by Gasteiger charge is -2.40. The van der Waals surface area contributed by atoms with E-state index in [1.54, 1.807) is 7.11 Å². The van der Waals surface area contributed by atoms with Gasteiger partial charge in [0.25, 0.3) is 0 Å². The van der Waals surface area contributed by atoms with E-state index < -0.39 is 0 Å². The molecular weight excluding hydrogens is 260 g/mol. The summed E-state index contributed by atoms with van der Waals surface area (Å²) in [6.45, 7) is 2.36. The summed E-state index contributed by atoms with van der Waals surface area (Å²) in [4.78, 5) is 4.12. The fraction of sp³-hybridized carbons (Fsp3) is 0.389. The molecule has 0 atom stereocenters. The first-order valence-corrected chi connectivity index (χ1v) is 7.60. The Hall–Kier alpha value is -1.87. The quantitative estimate of drug-likeness (QED) is 0.803. The number of ether oxygens (including phenoxy) is 1. The number of hydrogen-bond donors (Lipinski definition) is 0. The number of piperidine rings is 1. The molecule has 1 aliphatic rings. The highest BCUT2D eigenvalue weighted by atomic mass is 16.5. The summed E-state index contributed by atoms with van der Waals surface area (Å²) < 4.78 is 6.27. The van der Waals surface area contributed by atoms with E-state index in [1.807, 2.05) is 12.4 Å². The van der Waals surface area contributed by atoms with Crippen LogP contribution in [-0.4, -0.2) is 32.2 Å². The van der Waals surface area contributed by atoms with Crippen molar-refractivity contribution in [2.24, 2.45) is 0 Å². The fourth-order valence-electron chi connectivity index (χ4n) is 3.31. The minimum atomic E-state index is 0.678. The van der Waals surface area contributed by atoms with Crippen LogP contribution in [0.2, 0.25) is 0 Å². The van der Waals surface area contributed by atoms with Gasteiger partial charge in [0.05, 0.1) is 27.2 Å². The van der Waals surface area contributed by atoms with E-state index in [1.165, 1.54) is 37.2 Å². The largest absolute Gasteiger partial charge is 0.497 e. The monoisotopic (exact) mass is 283 g/mol. The van der Waals surface area contributed by atoms with Gasteiger partial charge >= 0.3 is 0 Å². The number of benzene rings is 1. The van der Waals surface area contributed by atoms with Crippen LogP contribution in [0.5, 0.6) is 5.75 Å². The average Bonchev–Trinajstić information content (AvgIpc) is 2.56. The Kier molecular flexibility index (Phi) is 3.93. The molecule has 0 saturated carbocycles. The van der Waals surface area contributed by atoms with E-state index in [0.29, 0.717) is 5.92 Å². The van der Waals surface area contributed by atoms with Crippen LogP contribution in [0.4, 0.5) is 5.69 Å². The second kappa shape index (κ2) is 5.86. The van der Waals surface area contributed by atoms with Crippen LogP contribution in [0.25, 0.3) is 0 Å². The highest BCUT2D eigenvalue weighted by molar-refractivity contribution is 5.46. The highest BCUT2D eigenvalue weighted by Gasteiger charge is 2.32. The molecule has 110 valence electrons. The molecule has 3 heteroatoms. The number of aromatic nitrogens is 1. The van der Waals surface area contributed by atoms with Crippen molar-refractivity contribution in [3.8, 4) is 5.75 Å². The van der Waals surface area contributed by atoms with Crippen LogP contribution in [0, 0.1) is 0 Å². The molecule has 2 aromatic rings. The number of nitrogens with zero attached hydrogens (tertiary/aromatic N) is 2. The van der Waals surface area contributed by atoms with Gasteiger partial charge in [0.1, 0.15) is 11.4 Å². The van der Waals surface area contributed by atoms with Gasteiger partial charge in [-0.15, -0.1) is 0 Å². The number of quaternary nitrogens is 1. The van der Waals surface area contributed by atoms with Crippen molar-refractivity contribution in [2.75, 3.05) is 27.2 Å². The van der Waals surface area contributed by atoms with Gasteiger partial charge < -0.3 is 4.74 Å². The van der Waals surface area contributed by atoms with Crippen LogP contribution < -0.4 is 9.22 Å². The fourth-order valence-corrected chi connectivity index (χ4v) is 3.31. The zero-order valence-corrected chi connectivity index (χ0v) is 12.8. The molecule has 0 unspecified atom stereocenters. The van der Waals surface area contributed by atoms with Gasteiger partial charge in [-0.25, -0.2) is 0 Å². The third-order valence-electron chi connectivity index (χ3n) is 4.82. The molecular formula is C18H23N2O+. The van der Waals surface area contributed by atoms with Crippen LogP contribution >= 0.6 is 0 Å². The lowest BCUT2D eigenvalue weighted by Crippen LogP contribution is -2.50. The maximum Gasteiger partial charge on any atom is 0.132 e. The SMILES string of the molecule is COc1ccc([N+]2(C)CCC(c3ccncc3)CC2)cc1. The summed E-state index contributed by atoms with van der Waals surface area (Å²) in [6, 6.07) is 12.8. The zero-order valence-electron chi connectivity index (χ0n) is 12.8.